The molecule has 0 bridgehead atoms. The Balaban J connectivity index is 1.85. The summed E-state index contributed by atoms with van der Waals surface area (Å²) in [7, 11) is 0. The van der Waals surface area contributed by atoms with Crippen LogP contribution in [0.5, 0.6) is 0 Å². The first-order valence-corrected chi connectivity index (χ1v) is 7.81. The van der Waals surface area contributed by atoms with Gasteiger partial charge in [-0.1, -0.05) is 26.0 Å². The van der Waals surface area contributed by atoms with Gasteiger partial charge in [0.05, 0.1) is 4.92 Å². The van der Waals surface area contributed by atoms with Gasteiger partial charge in [-0.15, -0.1) is 0 Å². The van der Waals surface area contributed by atoms with Gasteiger partial charge < -0.3 is 4.74 Å². The van der Waals surface area contributed by atoms with Crippen LogP contribution in [0.1, 0.15) is 36.5 Å². The number of nitro benzene ring substituents is 1. The number of hydrogen-bond donors (Lipinski definition) is 0. The van der Waals surface area contributed by atoms with Crippen molar-refractivity contribution in [2.24, 2.45) is 4.99 Å². The lowest BCUT2D eigenvalue weighted by atomic mass is 10.0. The van der Waals surface area contributed by atoms with Gasteiger partial charge in [0, 0.05) is 17.7 Å². The predicted molar refractivity (Wildman–Crippen MR) is 94.2 cm³/mol. The Morgan fingerprint density at radius 2 is 1.72 bits per heavy atom. The third-order valence-corrected chi connectivity index (χ3v) is 3.85. The van der Waals surface area contributed by atoms with Gasteiger partial charge in [-0.3, -0.25) is 10.1 Å². The van der Waals surface area contributed by atoms with Crippen molar-refractivity contribution in [2.45, 2.75) is 19.8 Å². The number of esters is 1. The average molecular weight is 336 g/mol. The van der Waals surface area contributed by atoms with Gasteiger partial charge in [-0.25, -0.2) is 9.79 Å². The van der Waals surface area contributed by atoms with Crippen molar-refractivity contribution < 1.29 is 14.5 Å². The Morgan fingerprint density at radius 3 is 2.28 bits per heavy atom. The van der Waals surface area contributed by atoms with Gasteiger partial charge in [-0.05, 0) is 47.4 Å². The van der Waals surface area contributed by atoms with E-state index in [1.807, 2.05) is 24.3 Å². The van der Waals surface area contributed by atoms with Gasteiger partial charge in [0.15, 0.2) is 5.70 Å². The Morgan fingerprint density at radius 1 is 1.08 bits per heavy atom. The third kappa shape index (κ3) is 3.63. The summed E-state index contributed by atoms with van der Waals surface area (Å²) in [4.78, 5) is 26.4. The highest BCUT2D eigenvalue weighted by Gasteiger charge is 2.24. The summed E-state index contributed by atoms with van der Waals surface area (Å²) < 4.78 is 5.23. The molecule has 0 fully saturated rings. The van der Waals surface area contributed by atoms with E-state index in [1.54, 1.807) is 18.2 Å². The molecule has 0 spiro atoms. The lowest BCUT2D eigenvalue weighted by Gasteiger charge is -2.05. The minimum Gasteiger partial charge on any atom is -0.402 e. The van der Waals surface area contributed by atoms with Gasteiger partial charge in [-0.2, -0.15) is 0 Å². The number of hydrogen-bond acceptors (Lipinski definition) is 5. The molecule has 126 valence electrons. The molecule has 1 aliphatic heterocycles. The number of ether oxygens (including phenoxy) is 1. The number of carbonyl (C=O) groups is 1. The van der Waals surface area contributed by atoms with Crippen LogP contribution < -0.4 is 0 Å². The Bertz CT molecular complexity index is 879. The zero-order valence-corrected chi connectivity index (χ0v) is 13.8. The van der Waals surface area contributed by atoms with Crippen LogP contribution in [-0.2, 0) is 9.53 Å². The summed E-state index contributed by atoms with van der Waals surface area (Å²) in [5.74, 6) is 0.134. The van der Waals surface area contributed by atoms with E-state index in [9.17, 15) is 14.9 Å². The van der Waals surface area contributed by atoms with Crippen LogP contribution >= 0.6 is 0 Å². The molecule has 0 saturated carbocycles. The lowest BCUT2D eigenvalue weighted by Crippen LogP contribution is -2.05. The molecule has 3 rings (SSSR count). The SMILES string of the molecule is CC(C)c1ccc(C2=N/C(=C\c3ccc([N+](=O)[O-])cc3)C(=O)O2)cc1. The normalized spacial score (nSPS) is 15.4. The van der Waals surface area contributed by atoms with Crippen molar-refractivity contribution in [1.82, 2.24) is 0 Å². The maximum Gasteiger partial charge on any atom is 0.363 e. The van der Waals surface area contributed by atoms with E-state index < -0.39 is 10.9 Å². The van der Waals surface area contributed by atoms with Gasteiger partial charge in [0.1, 0.15) is 0 Å². The maximum atomic E-state index is 12.0. The van der Waals surface area contributed by atoms with Crippen LogP contribution in [0.4, 0.5) is 5.69 Å². The maximum absolute atomic E-state index is 12.0. The average Bonchev–Trinajstić information content (AvgIpc) is 2.96. The lowest BCUT2D eigenvalue weighted by molar-refractivity contribution is -0.384. The molecule has 1 aliphatic rings. The zero-order valence-electron chi connectivity index (χ0n) is 13.8. The first kappa shape index (κ1) is 16.6. The molecule has 0 unspecified atom stereocenters. The summed E-state index contributed by atoms with van der Waals surface area (Å²) in [6.07, 6.45) is 1.54. The van der Waals surface area contributed by atoms with Crippen molar-refractivity contribution in [3.8, 4) is 0 Å². The van der Waals surface area contributed by atoms with E-state index in [-0.39, 0.29) is 17.3 Å². The van der Waals surface area contributed by atoms with E-state index in [2.05, 4.69) is 18.8 Å². The fourth-order valence-electron chi connectivity index (χ4n) is 2.39. The molecule has 2 aromatic carbocycles. The molecule has 0 aliphatic carbocycles. The molecule has 25 heavy (non-hydrogen) atoms. The number of nitro groups is 1. The highest BCUT2D eigenvalue weighted by Crippen LogP contribution is 2.22. The highest BCUT2D eigenvalue weighted by atomic mass is 16.6. The first-order chi connectivity index (χ1) is 11.9. The summed E-state index contributed by atoms with van der Waals surface area (Å²) in [6.45, 7) is 4.21. The topological polar surface area (TPSA) is 81.8 Å². The van der Waals surface area contributed by atoms with E-state index in [0.29, 0.717) is 11.5 Å². The van der Waals surface area contributed by atoms with Crippen LogP contribution in [0, 0.1) is 10.1 Å². The standard InChI is InChI=1S/C19H16N2O4/c1-12(2)14-5-7-15(8-6-14)18-20-17(19(22)25-18)11-13-3-9-16(10-4-13)21(23)24/h3-12H,1-2H3/b17-11-. The van der Waals surface area contributed by atoms with Crippen LogP contribution in [-0.4, -0.2) is 16.8 Å². The molecule has 6 heteroatoms. The molecular formula is C19H16N2O4. The van der Waals surface area contributed by atoms with Crippen molar-refractivity contribution in [3.63, 3.8) is 0 Å². The van der Waals surface area contributed by atoms with Crippen LogP contribution in [0.15, 0.2) is 59.2 Å². The van der Waals surface area contributed by atoms with Crippen LogP contribution in [0.2, 0.25) is 0 Å². The Kier molecular flexibility index (Phi) is 4.43. The smallest absolute Gasteiger partial charge is 0.363 e. The summed E-state index contributed by atoms with van der Waals surface area (Å²) in [6, 6.07) is 13.6. The number of carbonyl (C=O) groups excluding carboxylic acids is 1. The van der Waals surface area contributed by atoms with E-state index in [1.165, 1.54) is 17.7 Å². The molecule has 2 aromatic rings. The molecule has 0 radical (unpaired) electrons. The molecule has 0 N–H and O–H groups in total. The fraction of sp³-hybridized carbons (Fsp3) is 0.158. The fourth-order valence-corrected chi connectivity index (χ4v) is 2.39. The number of cyclic esters (lactones) is 1. The quantitative estimate of drug-likeness (QED) is 0.365. The number of aliphatic imine (C=N–C) groups is 1. The predicted octanol–water partition coefficient (Wildman–Crippen LogP) is 4.06. The molecule has 0 amide bonds. The first-order valence-electron chi connectivity index (χ1n) is 7.81. The largest absolute Gasteiger partial charge is 0.402 e. The number of nitrogens with zero attached hydrogens (tertiary/aromatic N) is 2. The minimum absolute atomic E-state index is 0.00872. The number of benzene rings is 2. The highest BCUT2D eigenvalue weighted by molar-refractivity contribution is 6.12. The van der Waals surface area contributed by atoms with E-state index >= 15 is 0 Å². The van der Waals surface area contributed by atoms with Crippen molar-refractivity contribution >= 4 is 23.6 Å². The van der Waals surface area contributed by atoms with Gasteiger partial charge >= 0.3 is 5.97 Å². The van der Waals surface area contributed by atoms with Gasteiger partial charge in [0.2, 0.25) is 5.90 Å². The third-order valence-electron chi connectivity index (χ3n) is 3.85. The van der Waals surface area contributed by atoms with Crippen LogP contribution in [0.3, 0.4) is 0 Å². The van der Waals surface area contributed by atoms with Crippen LogP contribution in [0.25, 0.3) is 6.08 Å². The molecule has 0 aromatic heterocycles. The summed E-state index contributed by atoms with van der Waals surface area (Å²) in [5.41, 5.74) is 2.71. The zero-order chi connectivity index (χ0) is 18.0. The molecule has 0 atom stereocenters. The second-order valence-electron chi connectivity index (χ2n) is 5.96. The van der Waals surface area contributed by atoms with E-state index in [4.69, 9.17) is 4.74 Å². The summed E-state index contributed by atoms with van der Waals surface area (Å²) in [5, 5.41) is 10.7. The van der Waals surface area contributed by atoms with Crippen molar-refractivity contribution in [3.05, 3.63) is 81.0 Å². The van der Waals surface area contributed by atoms with Crippen molar-refractivity contribution in [2.75, 3.05) is 0 Å². The molecular weight excluding hydrogens is 320 g/mol. The van der Waals surface area contributed by atoms with E-state index in [0.717, 1.165) is 5.56 Å². The molecule has 1 heterocycles. The Labute approximate surface area is 144 Å². The second kappa shape index (κ2) is 6.68. The Hall–Kier alpha value is -3.28. The minimum atomic E-state index is -0.540. The van der Waals surface area contributed by atoms with Crippen molar-refractivity contribution in [1.29, 1.82) is 0 Å². The number of non-ortho nitro benzene ring substituents is 1. The molecule has 6 nitrogen and oxygen atoms in total. The summed E-state index contributed by atoms with van der Waals surface area (Å²) >= 11 is 0. The van der Waals surface area contributed by atoms with Gasteiger partial charge in [0.25, 0.3) is 5.69 Å². The monoisotopic (exact) mass is 336 g/mol. The second-order valence-corrected chi connectivity index (χ2v) is 5.96. The molecule has 0 saturated heterocycles. The number of rotatable bonds is 4.